The molecule has 0 atom stereocenters. The second kappa shape index (κ2) is 6.63. The smallest absolute Gasteiger partial charge is 0.344 e. The highest BCUT2D eigenvalue weighted by Crippen LogP contribution is 2.22. The van der Waals surface area contributed by atoms with Gasteiger partial charge in [0.25, 0.3) is 5.95 Å². The van der Waals surface area contributed by atoms with E-state index in [1.807, 2.05) is 6.07 Å². The van der Waals surface area contributed by atoms with Crippen LogP contribution < -0.4 is 10.6 Å². The molecule has 2 N–H and O–H groups in total. The zero-order valence-corrected chi connectivity index (χ0v) is 15.1. The lowest BCUT2D eigenvalue weighted by Gasteiger charge is -2.19. The molecule has 1 saturated heterocycles. The van der Waals surface area contributed by atoms with Crippen LogP contribution in [0.25, 0.3) is 5.95 Å². The topological polar surface area (TPSA) is 123 Å². The minimum atomic E-state index is -0.647. The van der Waals surface area contributed by atoms with Crippen molar-refractivity contribution in [1.82, 2.24) is 19.7 Å². The van der Waals surface area contributed by atoms with Gasteiger partial charge in [-0.2, -0.15) is 25.0 Å². The molecule has 0 unspecified atom stereocenters. The fourth-order valence-corrected chi connectivity index (χ4v) is 2.69. The monoisotopic (exact) mass is 355 g/mol. The summed E-state index contributed by atoms with van der Waals surface area (Å²) >= 11 is 0. The van der Waals surface area contributed by atoms with Crippen molar-refractivity contribution in [1.29, 1.82) is 5.26 Å². The van der Waals surface area contributed by atoms with Crippen molar-refractivity contribution < 1.29 is 9.53 Å². The van der Waals surface area contributed by atoms with Crippen molar-refractivity contribution in [3.8, 4) is 12.0 Å². The Morgan fingerprint density at radius 2 is 2.00 bits per heavy atom. The molecule has 26 heavy (non-hydrogen) atoms. The van der Waals surface area contributed by atoms with Gasteiger partial charge in [-0.05, 0) is 33.6 Å². The van der Waals surface area contributed by atoms with Crippen LogP contribution in [-0.2, 0) is 4.74 Å². The van der Waals surface area contributed by atoms with Crippen molar-refractivity contribution >= 4 is 17.6 Å². The van der Waals surface area contributed by atoms with Crippen LogP contribution in [0.4, 0.5) is 11.6 Å². The van der Waals surface area contributed by atoms with E-state index >= 15 is 0 Å². The number of nitriles is 1. The van der Waals surface area contributed by atoms with Gasteiger partial charge < -0.3 is 15.4 Å². The summed E-state index contributed by atoms with van der Waals surface area (Å²) in [4.78, 5) is 23.0. The average Bonchev–Trinajstić information content (AvgIpc) is 3.22. The molecule has 9 heteroatoms. The first-order chi connectivity index (χ1) is 12.3. The summed E-state index contributed by atoms with van der Waals surface area (Å²) in [5, 5.41) is 13.4. The molecule has 0 spiro atoms. The van der Waals surface area contributed by atoms with Gasteiger partial charge in [0.2, 0.25) is 0 Å². The van der Waals surface area contributed by atoms with Gasteiger partial charge in [0.1, 0.15) is 34.6 Å². The van der Waals surface area contributed by atoms with Crippen LogP contribution in [-0.4, -0.2) is 44.4 Å². The average molecular weight is 355 g/mol. The molecule has 0 saturated carbocycles. The van der Waals surface area contributed by atoms with E-state index in [0.29, 0.717) is 5.82 Å². The van der Waals surface area contributed by atoms with Crippen LogP contribution >= 0.6 is 0 Å². The number of hydrogen-bond acceptors (Lipinski definition) is 8. The molecule has 2 aromatic rings. The van der Waals surface area contributed by atoms with Gasteiger partial charge in [0.05, 0.1) is 6.20 Å². The Balaban J connectivity index is 1.98. The first-order valence-electron chi connectivity index (χ1n) is 8.40. The number of aromatic nitrogens is 4. The zero-order valence-electron chi connectivity index (χ0n) is 15.1. The number of esters is 1. The molecule has 2 aromatic heterocycles. The predicted molar refractivity (Wildman–Crippen MR) is 94.9 cm³/mol. The van der Waals surface area contributed by atoms with Crippen LogP contribution in [0.1, 0.15) is 49.7 Å². The molecule has 9 nitrogen and oxygen atoms in total. The van der Waals surface area contributed by atoms with Gasteiger partial charge in [-0.1, -0.05) is 0 Å². The number of nitrogen functional groups attached to an aromatic ring is 1. The molecule has 136 valence electrons. The van der Waals surface area contributed by atoms with E-state index in [-0.39, 0.29) is 23.0 Å². The molecule has 3 heterocycles. The number of rotatable bonds is 3. The minimum absolute atomic E-state index is 0.0710. The Labute approximate surface area is 151 Å². The van der Waals surface area contributed by atoms with Gasteiger partial charge in [0.15, 0.2) is 0 Å². The second-order valence-electron chi connectivity index (χ2n) is 7.07. The van der Waals surface area contributed by atoms with E-state index < -0.39 is 11.6 Å². The Morgan fingerprint density at radius 1 is 1.31 bits per heavy atom. The van der Waals surface area contributed by atoms with E-state index in [1.165, 1.54) is 10.9 Å². The summed E-state index contributed by atoms with van der Waals surface area (Å²) in [7, 11) is 0. The number of carbonyl (C=O) groups excluding carboxylic acids is 1. The summed E-state index contributed by atoms with van der Waals surface area (Å²) in [5.74, 6) is 0.301. The number of hydrogen-bond donors (Lipinski definition) is 1. The number of nitrogens with zero attached hydrogens (tertiary/aromatic N) is 6. The van der Waals surface area contributed by atoms with Crippen LogP contribution in [0.2, 0.25) is 0 Å². The van der Waals surface area contributed by atoms with Crippen LogP contribution in [0.15, 0.2) is 12.3 Å². The zero-order chi connectivity index (χ0) is 18.9. The maximum atomic E-state index is 12.3. The third-order valence-corrected chi connectivity index (χ3v) is 3.86. The van der Waals surface area contributed by atoms with Gasteiger partial charge in [-0.3, -0.25) is 0 Å². The molecule has 0 bridgehead atoms. The Bertz CT molecular complexity index is 870. The maximum absolute atomic E-state index is 12.3. The third-order valence-electron chi connectivity index (χ3n) is 3.86. The van der Waals surface area contributed by atoms with Crippen molar-refractivity contribution in [2.45, 2.75) is 39.2 Å². The van der Waals surface area contributed by atoms with Crippen LogP contribution in [0, 0.1) is 11.3 Å². The Kier molecular flexibility index (Phi) is 4.50. The highest BCUT2D eigenvalue weighted by atomic mass is 16.6. The molecule has 0 amide bonds. The highest BCUT2D eigenvalue weighted by molar-refractivity contribution is 5.94. The van der Waals surface area contributed by atoms with Gasteiger partial charge in [-0.15, -0.1) is 0 Å². The van der Waals surface area contributed by atoms with Gasteiger partial charge in [-0.25, -0.2) is 4.79 Å². The number of ether oxygens (including phenoxy) is 1. The Morgan fingerprint density at radius 3 is 2.62 bits per heavy atom. The van der Waals surface area contributed by atoms with Gasteiger partial charge in [0, 0.05) is 19.2 Å². The SMILES string of the molecule is CC(C)(C)OC(=O)c1cnn(-c2nc(C#N)cc(N3CCCC3)n2)c1N. The lowest BCUT2D eigenvalue weighted by atomic mass is 10.2. The van der Waals surface area contributed by atoms with Gasteiger partial charge >= 0.3 is 5.97 Å². The number of nitrogens with two attached hydrogens (primary N) is 1. The second-order valence-corrected chi connectivity index (χ2v) is 7.07. The van der Waals surface area contributed by atoms with Crippen LogP contribution in [0.3, 0.4) is 0 Å². The van der Waals surface area contributed by atoms with Crippen molar-refractivity contribution in [2.24, 2.45) is 0 Å². The standard InChI is InChI=1S/C17H21N7O2/c1-17(2,3)26-15(25)12-10-20-24(14(12)19)16-21-11(9-18)8-13(22-16)23-6-4-5-7-23/h8,10H,4-7,19H2,1-3H3. The first kappa shape index (κ1) is 17.7. The number of carbonyl (C=O) groups is 1. The molecule has 1 aliphatic rings. The van der Waals surface area contributed by atoms with Crippen molar-refractivity contribution in [3.63, 3.8) is 0 Å². The summed E-state index contributed by atoms with van der Waals surface area (Å²) in [6.45, 7) is 7.06. The molecular formula is C17H21N7O2. The summed E-state index contributed by atoms with van der Waals surface area (Å²) in [6, 6.07) is 3.67. The number of anilines is 2. The third kappa shape index (κ3) is 3.59. The molecule has 0 aromatic carbocycles. The highest BCUT2D eigenvalue weighted by Gasteiger charge is 2.24. The van der Waals surface area contributed by atoms with E-state index in [4.69, 9.17) is 10.5 Å². The van der Waals surface area contributed by atoms with E-state index in [0.717, 1.165) is 25.9 Å². The minimum Gasteiger partial charge on any atom is -0.456 e. The van der Waals surface area contributed by atoms with E-state index in [2.05, 4.69) is 20.0 Å². The predicted octanol–water partition coefficient (Wildman–Crippen LogP) is 1.67. The quantitative estimate of drug-likeness (QED) is 0.825. The maximum Gasteiger partial charge on any atom is 0.344 e. The first-order valence-corrected chi connectivity index (χ1v) is 8.40. The summed E-state index contributed by atoms with van der Waals surface area (Å²) in [6.07, 6.45) is 3.48. The fraction of sp³-hybridized carbons (Fsp3) is 0.471. The van der Waals surface area contributed by atoms with Crippen molar-refractivity contribution in [3.05, 3.63) is 23.5 Å². The van der Waals surface area contributed by atoms with Crippen LogP contribution in [0.5, 0.6) is 0 Å². The fourth-order valence-electron chi connectivity index (χ4n) is 2.69. The molecule has 0 aliphatic carbocycles. The Hall–Kier alpha value is -3.15. The summed E-state index contributed by atoms with van der Waals surface area (Å²) in [5.41, 5.74) is 5.77. The molecule has 3 rings (SSSR count). The normalized spacial score (nSPS) is 14.3. The molecule has 0 radical (unpaired) electrons. The lowest BCUT2D eigenvalue weighted by Crippen LogP contribution is -2.24. The summed E-state index contributed by atoms with van der Waals surface area (Å²) < 4.78 is 6.58. The largest absolute Gasteiger partial charge is 0.456 e. The van der Waals surface area contributed by atoms with E-state index in [1.54, 1.807) is 26.8 Å². The lowest BCUT2D eigenvalue weighted by molar-refractivity contribution is 0.00708. The molecule has 1 fully saturated rings. The van der Waals surface area contributed by atoms with E-state index in [9.17, 15) is 10.1 Å². The molecule has 1 aliphatic heterocycles. The molecular weight excluding hydrogens is 334 g/mol. The van der Waals surface area contributed by atoms with Crippen molar-refractivity contribution in [2.75, 3.05) is 23.7 Å².